The van der Waals surface area contributed by atoms with Gasteiger partial charge >= 0.3 is 5.97 Å². The van der Waals surface area contributed by atoms with Crippen LogP contribution >= 0.6 is 0 Å². The van der Waals surface area contributed by atoms with Crippen molar-refractivity contribution in [1.29, 1.82) is 0 Å². The molecule has 0 aromatic carbocycles. The van der Waals surface area contributed by atoms with E-state index in [0.29, 0.717) is 12.3 Å². The van der Waals surface area contributed by atoms with E-state index >= 15 is 0 Å². The number of carbonyl (C=O) groups excluding carboxylic acids is 1. The molecule has 0 radical (unpaired) electrons. The number of fused-ring (bicyclic) bond motifs is 1. The summed E-state index contributed by atoms with van der Waals surface area (Å²) in [6, 6.07) is -0.691. The first-order chi connectivity index (χ1) is 10.1. The second-order valence-corrected chi connectivity index (χ2v) is 5.96. The topological polar surface area (TPSA) is 83.4 Å². The molecule has 1 saturated heterocycles. The first-order valence-electron chi connectivity index (χ1n) is 7.42. The van der Waals surface area contributed by atoms with Crippen molar-refractivity contribution >= 4 is 11.9 Å². The summed E-state index contributed by atoms with van der Waals surface area (Å²) in [4.78, 5) is 33.9. The third-order valence-electron chi connectivity index (χ3n) is 4.61. The summed E-state index contributed by atoms with van der Waals surface area (Å²) in [6.45, 7) is 1.80. The van der Waals surface area contributed by atoms with Crippen LogP contribution in [0.25, 0.3) is 0 Å². The lowest BCUT2D eigenvalue weighted by Crippen LogP contribution is -2.46. The van der Waals surface area contributed by atoms with Crippen molar-refractivity contribution in [3.63, 3.8) is 0 Å². The second-order valence-electron chi connectivity index (χ2n) is 5.96. The molecule has 0 bridgehead atoms. The van der Waals surface area contributed by atoms with Gasteiger partial charge in [-0.1, -0.05) is 12.8 Å². The van der Waals surface area contributed by atoms with Gasteiger partial charge in [0.1, 0.15) is 11.7 Å². The average molecular weight is 289 g/mol. The van der Waals surface area contributed by atoms with E-state index in [1.807, 2.05) is 0 Å². The Morgan fingerprint density at radius 1 is 1.24 bits per heavy atom. The van der Waals surface area contributed by atoms with Crippen LogP contribution in [-0.2, 0) is 4.79 Å². The maximum Gasteiger partial charge on any atom is 0.326 e. The van der Waals surface area contributed by atoms with E-state index in [-0.39, 0.29) is 17.6 Å². The second kappa shape index (κ2) is 5.42. The summed E-state index contributed by atoms with van der Waals surface area (Å²) < 4.78 is 0. The Hall–Kier alpha value is -1.98. The predicted molar refractivity (Wildman–Crippen MR) is 74.7 cm³/mol. The minimum atomic E-state index is -0.919. The van der Waals surface area contributed by atoms with E-state index in [9.17, 15) is 14.7 Å². The Morgan fingerprint density at radius 2 is 2.00 bits per heavy atom. The molecular weight excluding hydrogens is 270 g/mol. The maximum absolute atomic E-state index is 12.7. The lowest BCUT2D eigenvalue weighted by atomic mass is 9.84. The molecule has 21 heavy (non-hydrogen) atoms. The Kier molecular flexibility index (Phi) is 3.61. The standard InChI is InChI=1S/C15H19N3O3/c1-9-7-17-11(8-16-9)14(19)18-12-5-3-2-4-10(12)6-13(18)15(20)21/h7-8,10,12-13H,2-6H2,1H3,(H,20,21)/t10-,12+,13+/m1/s1. The molecule has 2 aliphatic rings. The van der Waals surface area contributed by atoms with Crippen LogP contribution in [0.2, 0.25) is 0 Å². The third kappa shape index (κ3) is 2.50. The molecular formula is C15H19N3O3. The highest BCUT2D eigenvalue weighted by Crippen LogP contribution is 2.40. The molecule has 3 rings (SSSR count). The fraction of sp³-hybridized carbons (Fsp3) is 0.600. The van der Waals surface area contributed by atoms with Gasteiger partial charge in [-0.2, -0.15) is 0 Å². The molecule has 112 valence electrons. The molecule has 2 heterocycles. The number of nitrogens with zero attached hydrogens (tertiary/aromatic N) is 3. The largest absolute Gasteiger partial charge is 0.480 e. The van der Waals surface area contributed by atoms with Gasteiger partial charge < -0.3 is 10.0 Å². The minimum Gasteiger partial charge on any atom is -0.480 e. The number of rotatable bonds is 2. The lowest BCUT2D eigenvalue weighted by Gasteiger charge is -2.32. The Labute approximate surface area is 123 Å². The highest BCUT2D eigenvalue weighted by molar-refractivity contribution is 5.95. The first-order valence-corrected chi connectivity index (χ1v) is 7.42. The van der Waals surface area contributed by atoms with Crippen LogP contribution in [0.5, 0.6) is 0 Å². The predicted octanol–water partition coefficient (Wildman–Crippen LogP) is 1.64. The highest BCUT2D eigenvalue weighted by Gasteiger charge is 2.47. The van der Waals surface area contributed by atoms with Crippen LogP contribution in [0.3, 0.4) is 0 Å². The van der Waals surface area contributed by atoms with Crippen LogP contribution in [0.15, 0.2) is 12.4 Å². The van der Waals surface area contributed by atoms with E-state index in [0.717, 1.165) is 31.4 Å². The fourth-order valence-corrected chi connectivity index (χ4v) is 3.61. The molecule has 1 aliphatic heterocycles. The van der Waals surface area contributed by atoms with Crippen molar-refractivity contribution < 1.29 is 14.7 Å². The molecule has 0 unspecified atom stereocenters. The van der Waals surface area contributed by atoms with Crippen LogP contribution < -0.4 is 0 Å². The quantitative estimate of drug-likeness (QED) is 0.895. The van der Waals surface area contributed by atoms with Crippen molar-refractivity contribution in [3.8, 4) is 0 Å². The molecule has 1 aliphatic carbocycles. The molecule has 6 nitrogen and oxygen atoms in total. The van der Waals surface area contributed by atoms with Crippen molar-refractivity contribution in [2.75, 3.05) is 0 Å². The Balaban J connectivity index is 1.90. The summed E-state index contributed by atoms with van der Waals surface area (Å²) in [7, 11) is 0. The number of aryl methyl sites for hydroxylation is 1. The molecule has 1 saturated carbocycles. The van der Waals surface area contributed by atoms with Gasteiger partial charge in [-0.15, -0.1) is 0 Å². The van der Waals surface area contributed by atoms with Crippen molar-refractivity contribution in [3.05, 3.63) is 23.8 Å². The molecule has 1 aromatic heterocycles. The number of hydrogen-bond acceptors (Lipinski definition) is 4. The zero-order valence-corrected chi connectivity index (χ0v) is 12.0. The monoisotopic (exact) mass is 289 g/mol. The zero-order valence-electron chi connectivity index (χ0n) is 12.0. The number of likely N-dealkylation sites (tertiary alicyclic amines) is 1. The highest BCUT2D eigenvalue weighted by atomic mass is 16.4. The minimum absolute atomic E-state index is 0.0375. The van der Waals surface area contributed by atoms with Crippen molar-refractivity contribution in [2.45, 2.75) is 51.1 Å². The summed E-state index contributed by atoms with van der Waals surface area (Å²) >= 11 is 0. The van der Waals surface area contributed by atoms with Crippen LogP contribution in [0.4, 0.5) is 0 Å². The first kappa shape index (κ1) is 14.0. The van der Waals surface area contributed by atoms with Gasteiger partial charge in [0, 0.05) is 12.2 Å². The summed E-state index contributed by atoms with van der Waals surface area (Å²) in [5.41, 5.74) is 0.969. The Morgan fingerprint density at radius 3 is 2.67 bits per heavy atom. The molecule has 6 heteroatoms. The van der Waals surface area contributed by atoms with E-state index < -0.39 is 12.0 Å². The van der Waals surface area contributed by atoms with Crippen molar-refractivity contribution in [2.24, 2.45) is 5.92 Å². The SMILES string of the molecule is Cc1cnc(C(=O)N2[C@H](C(=O)O)C[C@H]3CCCC[C@@H]32)cn1. The van der Waals surface area contributed by atoms with E-state index in [4.69, 9.17) is 0 Å². The lowest BCUT2D eigenvalue weighted by molar-refractivity contribution is -0.141. The number of carboxylic acids is 1. The van der Waals surface area contributed by atoms with E-state index in [2.05, 4.69) is 9.97 Å². The van der Waals surface area contributed by atoms with Crippen LogP contribution in [-0.4, -0.2) is 43.9 Å². The number of carboxylic acid groups (broad SMARTS) is 1. The fourth-order valence-electron chi connectivity index (χ4n) is 3.61. The van der Waals surface area contributed by atoms with Crippen LogP contribution in [0.1, 0.15) is 48.3 Å². The zero-order chi connectivity index (χ0) is 15.0. The van der Waals surface area contributed by atoms with Gasteiger partial charge in [-0.05, 0) is 32.1 Å². The number of aliphatic carboxylic acids is 1. The van der Waals surface area contributed by atoms with Gasteiger partial charge in [0.2, 0.25) is 0 Å². The molecule has 3 atom stereocenters. The van der Waals surface area contributed by atoms with E-state index in [1.54, 1.807) is 11.8 Å². The number of hydrogen-bond donors (Lipinski definition) is 1. The molecule has 2 fully saturated rings. The summed E-state index contributed by atoms with van der Waals surface area (Å²) in [5.74, 6) is -0.913. The van der Waals surface area contributed by atoms with Gasteiger partial charge in [0.25, 0.3) is 5.91 Å². The number of aromatic nitrogens is 2. The molecule has 1 aromatic rings. The summed E-state index contributed by atoms with van der Waals surface area (Å²) in [6.07, 6.45) is 7.61. The smallest absolute Gasteiger partial charge is 0.326 e. The molecule has 0 spiro atoms. The Bertz CT molecular complexity index is 558. The average Bonchev–Trinajstić information content (AvgIpc) is 2.87. The van der Waals surface area contributed by atoms with Gasteiger partial charge in [0.05, 0.1) is 11.9 Å². The normalized spacial score (nSPS) is 28.2. The molecule has 1 amide bonds. The summed E-state index contributed by atoms with van der Waals surface area (Å²) in [5, 5.41) is 9.44. The van der Waals surface area contributed by atoms with Gasteiger partial charge in [0.15, 0.2) is 0 Å². The number of amides is 1. The number of carbonyl (C=O) groups is 2. The third-order valence-corrected chi connectivity index (χ3v) is 4.61. The van der Waals surface area contributed by atoms with Gasteiger partial charge in [-0.25, -0.2) is 9.78 Å². The van der Waals surface area contributed by atoms with Gasteiger partial charge in [-0.3, -0.25) is 9.78 Å². The van der Waals surface area contributed by atoms with Crippen LogP contribution in [0, 0.1) is 12.8 Å². The van der Waals surface area contributed by atoms with E-state index in [1.165, 1.54) is 12.4 Å². The molecule has 1 N–H and O–H groups in total. The maximum atomic E-state index is 12.7. The van der Waals surface area contributed by atoms with Crippen molar-refractivity contribution in [1.82, 2.24) is 14.9 Å².